The Labute approximate surface area is 449 Å². The fraction of sp³-hybridized carbons (Fsp3) is 0.894. The van der Waals surface area contributed by atoms with Gasteiger partial charge in [0.25, 0.3) is 0 Å². The molecule has 0 saturated carbocycles. The molecule has 0 aromatic rings. The zero-order valence-electron chi connectivity index (χ0n) is 48.7. The molecule has 0 radical (unpaired) electrons. The molecule has 0 bridgehead atoms. The number of allylic oxidation sites excluding steroid dienone is 4. The molecule has 0 rings (SSSR count). The fourth-order valence-corrected chi connectivity index (χ4v) is 9.82. The lowest BCUT2D eigenvalue weighted by Gasteiger charge is -2.18. The first-order chi connectivity index (χ1) is 35.5. The number of ether oxygens (including phenoxy) is 3. The minimum absolute atomic E-state index is 0.0714. The first kappa shape index (κ1) is 69.9. The van der Waals surface area contributed by atoms with Gasteiger partial charge < -0.3 is 14.2 Å². The average molecular weight is 1010 g/mol. The molecule has 0 aliphatic heterocycles. The number of hydrogen-bond donors (Lipinski definition) is 0. The van der Waals surface area contributed by atoms with Gasteiger partial charge in [0.1, 0.15) is 13.2 Å². The number of hydrogen-bond acceptors (Lipinski definition) is 6. The van der Waals surface area contributed by atoms with E-state index >= 15 is 0 Å². The van der Waals surface area contributed by atoms with Gasteiger partial charge in [-0.2, -0.15) is 0 Å². The van der Waals surface area contributed by atoms with Gasteiger partial charge in [0.05, 0.1) is 0 Å². The Bertz CT molecular complexity index is 1160. The molecule has 0 amide bonds. The second kappa shape index (κ2) is 61.4. The number of rotatable bonds is 60. The summed E-state index contributed by atoms with van der Waals surface area (Å²) in [5.41, 5.74) is 0. The molecule has 0 aliphatic rings. The van der Waals surface area contributed by atoms with Crippen LogP contribution in [0.25, 0.3) is 0 Å². The number of carbonyl (C=O) groups is 3. The van der Waals surface area contributed by atoms with Crippen LogP contribution in [0.4, 0.5) is 0 Å². The van der Waals surface area contributed by atoms with Crippen molar-refractivity contribution in [3.63, 3.8) is 0 Å². The molecule has 72 heavy (non-hydrogen) atoms. The monoisotopic (exact) mass is 1010 g/mol. The van der Waals surface area contributed by atoms with E-state index in [0.29, 0.717) is 19.3 Å². The zero-order valence-corrected chi connectivity index (χ0v) is 48.7. The second-order valence-electron chi connectivity index (χ2n) is 22.0. The van der Waals surface area contributed by atoms with Gasteiger partial charge in [0.2, 0.25) is 0 Å². The minimum atomic E-state index is -0.774. The van der Waals surface area contributed by atoms with Gasteiger partial charge in [0.15, 0.2) is 6.10 Å². The highest BCUT2D eigenvalue weighted by atomic mass is 16.6. The molecule has 424 valence electrons. The largest absolute Gasteiger partial charge is 0.462 e. The summed E-state index contributed by atoms with van der Waals surface area (Å²) >= 11 is 0. The van der Waals surface area contributed by atoms with Gasteiger partial charge in [0, 0.05) is 19.3 Å². The summed E-state index contributed by atoms with van der Waals surface area (Å²) in [5.74, 6) is -0.862. The van der Waals surface area contributed by atoms with E-state index in [2.05, 4.69) is 45.1 Å². The molecule has 0 aromatic carbocycles. The minimum Gasteiger partial charge on any atom is -0.462 e. The van der Waals surface area contributed by atoms with Gasteiger partial charge in [-0.3, -0.25) is 14.4 Å². The summed E-state index contributed by atoms with van der Waals surface area (Å²) in [6.07, 6.45) is 73.5. The smallest absolute Gasteiger partial charge is 0.306 e. The quantitative estimate of drug-likeness (QED) is 0.0261. The maximum absolute atomic E-state index is 12.8. The van der Waals surface area contributed by atoms with Crippen molar-refractivity contribution in [3.8, 4) is 0 Å². The molecule has 0 heterocycles. The summed E-state index contributed by atoms with van der Waals surface area (Å²) in [4.78, 5) is 38.2. The van der Waals surface area contributed by atoms with Crippen LogP contribution >= 0.6 is 0 Å². The van der Waals surface area contributed by atoms with E-state index in [-0.39, 0.29) is 31.1 Å². The first-order valence-electron chi connectivity index (χ1n) is 32.3. The van der Waals surface area contributed by atoms with Crippen molar-refractivity contribution < 1.29 is 28.6 Å². The SMILES string of the molecule is CCCC/C=C\C/C=C\CCCCCCCC(=O)OC(COC(=O)CCCCCCCCCCCCCC)COC(=O)CCCCCCCCCCCCCCCCCCCCCCCCCCCCCC. The van der Waals surface area contributed by atoms with Crippen molar-refractivity contribution in [3.05, 3.63) is 24.3 Å². The van der Waals surface area contributed by atoms with Crippen molar-refractivity contribution in [1.82, 2.24) is 0 Å². The second-order valence-corrected chi connectivity index (χ2v) is 22.0. The van der Waals surface area contributed by atoms with Crippen LogP contribution in [0.3, 0.4) is 0 Å². The molecule has 0 aliphatic carbocycles. The Balaban J connectivity index is 4.12. The van der Waals surface area contributed by atoms with E-state index in [1.165, 1.54) is 238 Å². The topological polar surface area (TPSA) is 78.9 Å². The lowest BCUT2D eigenvalue weighted by molar-refractivity contribution is -0.167. The van der Waals surface area contributed by atoms with Gasteiger partial charge in [-0.15, -0.1) is 0 Å². The van der Waals surface area contributed by atoms with Crippen LogP contribution in [-0.2, 0) is 28.6 Å². The molecular formula is C66H124O6. The third-order valence-electron chi connectivity index (χ3n) is 14.7. The molecule has 0 saturated heterocycles. The van der Waals surface area contributed by atoms with Crippen LogP contribution in [0, 0.1) is 0 Å². The summed E-state index contributed by atoms with van der Waals surface area (Å²) in [7, 11) is 0. The first-order valence-corrected chi connectivity index (χ1v) is 32.3. The molecule has 0 N–H and O–H groups in total. The van der Waals surface area contributed by atoms with Crippen LogP contribution in [-0.4, -0.2) is 37.2 Å². The molecular weight excluding hydrogens is 889 g/mol. The molecule has 0 fully saturated rings. The molecule has 0 aromatic heterocycles. The van der Waals surface area contributed by atoms with Crippen molar-refractivity contribution in [2.45, 2.75) is 367 Å². The predicted molar refractivity (Wildman–Crippen MR) is 312 cm³/mol. The molecule has 1 unspecified atom stereocenters. The highest BCUT2D eigenvalue weighted by Gasteiger charge is 2.19. The Kier molecular flexibility index (Phi) is 59.6. The lowest BCUT2D eigenvalue weighted by atomic mass is 10.0. The Morgan fingerprint density at radius 1 is 0.278 bits per heavy atom. The zero-order chi connectivity index (χ0) is 52.2. The number of unbranched alkanes of at least 4 members (excludes halogenated alkanes) is 45. The van der Waals surface area contributed by atoms with Crippen LogP contribution < -0.4 is 0 Å². The van der Waals surface area contributed by atoms with E-state index in [0.717, 1.165) is 83.5 Å². The predicted octanol–water partition coefficient (Wildman–Crippen LogP) is 21.8. The molecule has 0 spiro atoms. The van der Waals surface area contributed by atoms with Crippen LogP contribution in [0.1, 0.15) is 361 Å². The van der Waals surface area contributed by atoms with Crippen LogP contribution in [0.5, 0.6) is 0 Å². The molecule has 1 atom stereocenters. The maximum atomic E-state index is 12.8. The Morgan fingerprint density at radius 2 is 0.514 bits per heavy atom. The van der Waals surface area contributed by atoms with Crippen molar-refractivity contribution in [2.75, 3.05) is 13.2 Å². The van der Waals surface area contributed by atoms with E-state index in [4.69, 9.17) is 14.2 Å². The normalized spacial score (nSPS) is 12.1. The molecule has 6 heteroatoms. The van der Waals surface area contributed by atoms with Crippen molar-refractivity contribution in [2.24, 2.45) is 0 Å². The Hall–Kier alpha value is -2.11. The van der Waals surface area contributed by atoms with Crippen molar-refractivity contribution >= 4 is 17.9 Å². The summed E-state index contributed by atoms with van der Waals surface area (Å²) in [5, 5.41) is 0. The van der Waals surface area contributed by atoms with E-state index < -0.39 is 6.10 Å². The van der Waals surface area contributed by atoms with Gasteiger partial charge in [-0.05, 0) is 44.9 Å². The van der Waals surface area contributed by atoms with Gasteiger partial charge in [-0.1, -0.05) is 321 Å². The summed E-state index contributed by atoms with van der Waals surface area (Å²) in [6, 6.07) is 0. The standard InChI is InChI=1S/C66H124O6/c1-4-7-10-13-16-19-22-25-27-28-29-30-31-32-33-34-35-36-37-38-39-40-42-44-47-50-53-56-59-65(68)71-62-63(61-70-64(67)58-55-52-49-46-43-24-21-18-15-12-9-6-3)72-66(69)60-57-54-51-48-45-41-26-23-20-17-14-11-8-5-2/h14,17,23,26,63H,4-13,15-16,18-22,24-25,27-62H2,1-3H3/b17-14-,26-23-. The maximum Gasteiger partial charge on any atom is 0.306 e. The Morgan fingerprint density at radius 3 is 0.806 bits per heavy atom. The summed E-state index contributed by atoms with van der Waals surface area (Å²) in [6.45, 7) is 6.64. The fourth-order valence-electron chi connectivity index (χ4n) is 9.82. The summed E-state index contributed by atoms with van der Waals surface area (Å²) < 4.78 is 16.9. The van der Waals surface area contributed by atoms with Crippen molar-refractivity contribution in [1.29, 1.82) is 0 Å². The average Bonchev–Trinajstić information content (AvgIpc) is 3.38. The van der Waals surface area contributed by atoms with Crippen LogP contribution in [0.2, 0.25) is 0 Å². The number of carbonyl (C=O) groups excluding carboxylic acids is 3. The van der Waals surface area contributed by atoms with E-state index in [1.54, 1.807) is 0 Å². The highest BCUT2D eigenvalue weighted by Crippen LogP contribution is 2.18. The van der Waals surface area contributed by atoms with Gasteiger partial charge in [-0.25, -0.2) is 0 Å². The highest BCUT2D eigenvalue weighted by molar-refractivity contribution is 5.71. The third-order valence-corrected chi connectivity index (χ3v) is 14.7. The van der Waals surface area contributed by atoms with E-state index in [9.17, 15) is 14.4 Å². The van der Waals surface area contributed by atoms with Crippen LogP contribution in [0.15, 0.2) is 24.3 Å². The number of esters is 3. The van der Waals surface area contributed by atoms with Gasteiger partial charge >= 0.3 is 17.9 Å². The third kappa shape index (κ3) is 58.8. The van der Waals surface area contributed by atoms with E-state index in [1.807, 2.05) is 0 Å². The molecule has 6 nitrogen and oxygen atoms in total. The lowest BCUT2D eigenvalue weighted by Crippen LogP contribution is -2.30.